The number of rotatable bonds is 57. The van der Waals surface area contributed by atoms with Crippen LogP contribution in [-0.2, 0) is 33.3 Å². The van der Waals surface area contributed by atoms with E-state index in [0.717, 1.165) is 103 Å². The minimum Gasteiger partial charge on any atom is -0.545 e. The average Bonchev–Trinajstić information content (AvgIpc) is 3.41. The van der Waals surface area contributed by atoms with Gasteiger partial charge in [0, 0.05) is 12.8 Å². The van der Waals surface area contributed by atoms with Crippen molar-refractivity contribution in [2.45, 2.75) is 264 Å². The first-order chi connectivity index (χ1) is 38.1. The molecule has 0 aliphatic carbocycles. The molecular formula is C69H117NO8. The zero-order chi connectivity index (χ0) is 56.9. The molecule has 0 saturated carbocycles. The van der Waals surface area contributed by atoms with E-state index >= 15 is 0 Å². The molecule has 2 atom stereocenters. The summed E-state index contributed by atoms with van der Waals surface area (Å²) in [6.07, 6.45) is 78.7. The number of ether oxygens (including phenoxy) is 4. The van der Waals surface area contributed by atoms with Gasteiger partial charge in [0.05, 0.1) is 40.3 Å². The van der Waals surface area contributed by atoms with Gasteiger partial charge in [0.1, 0.15) is 13.2 Å². The number of likely N-dealkylation sites (N-methyl/N-ethyl adjacent to an activating group) is 1. The van der Waals surface area contributed by atoms with Gasteiger partial charge >= 0.3 is 11.9 Å². The number of aliphatic carboxylic acids is 1. The van der Waals surface area contributed by atoms with Crippen molar-refractivity contribution in [1.29, 1.82) is 0 Å². The molecule has 0 aliphatic heterocycles. The third kappa shape index (κ3) is 59.6. The minimum atomic E-state index is -1.62. The monoisotopic (exact) mass is 1090 g/mol. The number of allylic oxidation sites excluding steroid dienone is 18. The first kappa shape index (κ1) is 74.0. The molecule has 0 N–H and O–H groups in total. The van der Waals surface area contributed by atoms with E-state index in [1.165, 1.54) is 116 Å². The zero-order valence-electron chi connectivity index (χ0n) is 50.8. The molecular weight excluding hydrogens is 971 g/mol. The number of carboxylic acid groups (broad SMARTS) is 1. The molecule has 0 fully saturated rings. The molecule has 2 unspecified atom stereocenters. The number of carbonyl (C=O) groups excluding carboxylic acids is 3. The number of unbranched alkanes of at least 4 members (excludes halogenated alkanes) is 24. The molecule has 0 amide bonds. The number of hydrogen-bond donors (Lipinski definition) is 0. The van der Waals surface area contributed by atoms with Crippen LogP contribution in [0.1, 0.15) is 251 Å². The summed E-state index contributed by atoms with van der Waals surface area (Å²) in [7, 11) is 5.92. The molecule has 9 heteroatoms. The Kier molecular flexibility index (Phi) is 56.0. The molecule has 9 nitrogen and oxygen atoms in total. The highest BCUT2D eigenvalue weighted by molar-refractivity contribution is 5.70. The standard InChI is InChI=1S/C69H117NO8/c1-6-8-10-12-14-16-18-20-22-23-24-25-26-27-28-29-30-31-32-33-34-35-36-37-38-39-40-41-42-43-44-45-46-48-50-52-54-56-58-60-67(72)78-65(64-77-69(68(73)74)75-62-61-70(3,4)5)63-76-66(71)59-57-55-53-51-49-47-21-19-17-15-13-11-9-7-2/h8,10,14,16,20,22,24-25,27-28,30-31,33-34,36-37,39-40,65,69H,6-7,9,11-13,15,17-19,21,23,26,29,32,35,38,41-64H2,1-5H3/b10-8-,16-14-,22-20-,25-24-,28-27-,31-30-,34-33-,37-36-,40-39-. The molecule has 446 valence electrons. The lowest BCUT2D eigenvalue weighted by Crippen LogP contribution is -2.44. The Morgan fingerprint density at radius 2 is 0.731 bits per heavy atom. The Labute approximate surface area is 479 Å². The molecule has 0 aromatic rings. The van der Waals surface area contributed by atoms with E-state index in [9.17, 15) is 19.5 Å². The van der Waals surface area contributed by atoms with Gasteiger partial charge in [0.2, 0.25) is 0 Å². The fraction of sp³-hybridized carbons (Fsp3) is 0.696. The van der Waals surface area contributed by atoms with Crippen LogP contribution in [0.5, 0.6) is 0 Å². The number of carboxylic acids is 1. The Morgan fingerprint density at radius 1 is 0.397 bits per heavy atom. The third-order valence-electron chi connectivity index (χ3n) is 13.3. The highest BCUT2D eigenvalue weighted by Crippen LogP contribution is 2.16. The second-order valence-electron chi connectivity index (χ2n) is 22.0. The van der Waals surface area contributed by atoms with Crippen molar-refractivity contribution in [2.75, 3.05) is 47.5 Å². The molecule has 0 spiro atoms. The van der Waals surface area contributed by atoms with Gasteiger partial charge in [0.15, 0.2) is 12.4 Å². The number of quaternary nitrogens is 1. The molecule has 0 aromatic heterocycles. The predicted molar refractivity (Wildman–Crippen MR) is 329 cm³/mol. The van der Waals surface area contributed by atoms with Gasteiger partial charge in [-0.05, 0) is 83.5 Å². The Morgan fingerprint density at radius 3 is 1.09 bits per heavy atom. The van der Waals surface area contributed by atoms with Crippen molar-refractivity contribution < 1.29 is 42.9 Å². The van der Waals surface area contributed by atoms with E-state index in [1.807, 2.05) is 21.1 Å². The summed E-state index contributed by atoms with van der Waals surface area (Å²) in [5.41, 5.74) is 0. The molecule has 0 heterocycles. The lowest BCUT2D eigenvalue weighted by Gasteiger charge is -2.26. The largest absolute Gasteiger partial charge is 0.545 e. The molecule has 0 radical (unpaired) electrons. The summed E-state index contributed by atoms with van der Waals surface area (Å²) in [4.78, 5) is 37.3. The van der Waals surface area contributed by atoms with Crippen LogP contribution in [0, 0.1) is 0 Å². The normalized spacial score (nSPS) is 13.5. The molecule has 78 heavy (non-hydrogen) atoms. The van der Waals surface area contributed by atoms with E-state index < -0.39 is 24.3 Å². The molecule has 0 saturated heterocycles. The van der Waals surface area contributed by atoms with E-state index in [4.69, 9.17) is 18.9 Å². The Balaban J connectivity index is 4.12. The minimum absolute atomic E-state index is 0.144. The maximum Gasteiger partial charge on any atom is 0.306 e. The SMILES string of the molecule is CC/C=C\C/C=C\C/C=C\C/C=C\C/C=C\C/C=C\C/C=C\C/C=C\C/C=C\CCCCCCCCCCCCCC(=O)OC(COC(=O)CCCCCCCCCCCCCCCC)COC(OCC[N+](C)(C)C)C(=O)[O-]. The Hall–Kier alpha value is -4.05. The maximum absolute atomic E-state index is 12.9. The maximum atomic E-state index is 12.9. The van der Waals surface area contributed by atoms with Crippen LogP contribution in [0.2, 0.25) is 0 Å². The van der Waals surface area contributed by atoms with Crippen LogP contribution < -0.4 is 5.11 Å². The average molecular weight is 1090 g/mol. The zero-order valence-corrected chi connectivity index (χ0v) is 50.8. The lowest BCUT2D eigenvalue weighted by atomic mass is 10.0. The number of hydrogen-bond acceptors (Lipinski definition) is 8. The van der Waals surface area contributed by atoms with Crippen LogP contribution in [0.3, 0.4) is 0 Å². The van der Waals surface area contributed by atoms with Crippen molar-refractivity contribution in [3.05, 3.63) is 109 Å². The summed E-state index contributed by atoms with van der Waals surface area (Å²) in [6.45, 7) is 4.63. The lowest BCUT2D eigenvalue weighted by molar-refractivity contribution is -0.870. The number of nitrogens with zero attached hydrogens (tertiary/aromatic N) is 1. The third-order valence-corrected chi connectivity index (χ3v) is 13.3. The van der Waals surface area contributed by atoms with Crippen LogP contribution in [0.4, 0.5) is 0 Å². The molecule has 0 bridgehead atoms. The van der Waals surface area contributed by atoms with Crippen LogP contribution in [-0.4, -0.2) is 82.3 Å². The van der Waals surface area contributed by atoms with Crippen LogP contribution in [0.15, 0.2) is 109 Å². The van der Waals surface area contributed by atoms with Gasteiger partial charge in [-0.15, -0.1) is 0 Å². The summed E-state index contributed by atoms with van der Waals surface area (Å²) in [5.74, 6) is -2.29. The van der Waals surface area contributed by atoms with Crippen molar-refractivity contribution in [2.24, 2.45) is 0 Å². The highest BCUT2D eigenvalue weighted by Gasteiger charge is 2.22. The fourth-order valence-corrected chi connectivity index (χ4v) is 8.47. The van der Waals surface area contributed by atoms with E-state index in [2.05, 4.69) is 123 Å². The smallest absolute Gasteiger partial charge is 0.306 e. The van der Waals surface area contributed by atoms with Crippen molar-refractivity contribution >= 4 is 17.9 Å². The van der Waals surface area contributed by atoms with Crippen LogP contribution >= 0.6 is 0 Å². The van der Waals surface area contributed by atoms with E-state index in [-0.39, 0.29) is 32.2 Å². The van der Waals surface area contributed by atoms with Gasteiger partial charge in [0.25, 0.3) is 0 Å². The second-order valence-corrected chi connectivity index (χ2v) is 22.0. The van der Waals surface area contributed by atoms with Crippen molar-refractivity contribution in [3.63, 3.8) is 0 Å². The van der Waals surface area contributed by atoms with Crippen LogP contribution in [0.25, 0.3) is 0 Å². The van der Waals surface area contributed by atoms with Gasteiger partial charge in [-0.1, -0.05) is 264 Å². The molecule has 0 rings (SSSR count). The van der Waals surface area contributed by atoms with Gasteiger partial charge in [-0.3, -0.25) is 9.59 Å². The highest BCUT2D eigenvalue weighted by atomic mass is 16.7. The molecule has 0 aliphatic rings. The second kappa shape index (κ2) is 59.1. The van der Waals surface area contributed by atoms with Gasteiger partial charge in [-0.25, -0.2) is 0 Å². The first-order valence-electron chi connectivity index (χ1n) is 31.5. The molecule has 0 aromatic carbocycles. The topological polar surface area (TPSA) is 111 Å². The number of esters is 2. The van der Waals surface area contributed by atoms with E-state index in [0.29, 0.717) is 23.9 Å². The van der Waals surface area contributed by atoms with Crippen molar-refractivity contribution in [3.8, 4) is 0 Å². The summed E-state index contributed by atoms with van der Waals surface area (Å²) in [6, 6.07) is 0. The van der Waals surface area contributed by atoms with Gasteiger partial charge < -0.3 is 33.3 Å². The predicted octanol–water partition coefficient (Wildman–Crippen LogP) is 17.7. The summed E-state index contributed by atoms with van der Waals surface area (Å²) < 4.78 is 22.7. The summed E-state index contributed by atoms with van der Waals surface area (Å²) in [5, 5.41) is 11.8. The van der Waals surface area contributed by atoms with E-state index in [1.54, 1.807) is 0 Å². The quantitative estimate of drug-likeness (QED) is 0.0195. The fourth-order valence-electron chi connectivity index (χ4n) is 8.47. The summed E-state index contributed by atoms with van der Waals surface area (Å²) >= 11 is 0. The Bertz CT molecular complexity index is 1640. The number of carbonyl (C=O) groups is 3. The van der Waals surface area contributed by atoms with Crippen molar-refractivity contribution in [1.82, 2.24) is 0 Å². The van der Waals surface area contributed by atoms with Gasteiger partial charge in [-0.2, -0.15) is 0 Å². The first-order valence-corrected chi connectivity index (χ1v) is 31.5.